The van der Waals surface area contributed by atoms with Gasteiger partial charge in [-0.25, -0.2) is 17.2 Å². The maximum atomic E-state index is 13.6. The molecule has 0 radical (unpaired) electrons. The molecule has 0 spiro atoms. The first-order chi connectivity index (χ1) is 12.4. The number of nitrogens with zero attached hydrogens (tertiary/aromatic N) is 1. The minimum Gasteiger partial charge on any atom is -0.322 e. The number of anilines is 1. The van der Waals surface area contributed by atoms with Gasteiger partial charge in [-0.3, -0.25) is 4.79 Å². The van der Waals surface area contributed by atoms with Crippen LogP contribution in [0.25, 0.3) is 0 Å². The number of carbonyl (C=O) groups is 1. The fourth-order valence-electron chi connectivity index (χ4n) is 2.87. The van der Waals surface area contributed by atoms with Crippen LogP contribution in [0, 0.1) is 11.6 Å². The van der Waals surface area contributed by atoms with Crippen molar-refractivity contribution >= 4 is 21.6 Å². The van der Waals surface area contributed by atoms with Crippen LogP contribution in [0.15, 0.2) is 47.4 Å². The lowest BCUT2D eigenvalue weighted by molar-refractivity contribution is 0.101. The average molecular weight is 380 g/mol. The summed E-state index contributed by atoms with van der Waals surface area (Å²) in [6, 6.07) is 8.69. The van der Waals surface area contributed by atoms with E-state index < -0.39 is 33.1 Å². The van der Waals surface area contributed by atoms with E-state index in [1.807, 2.05) is 0 Å². The molecule has 0 aliphatic carbocycles. The molecular weight excluding hydrogens is 362 g/mol. The lowest BCUT2D eigenvalue weighted by Gasteiger charge is -2.25. The molecule has 0 saturated carbocycles. The van der Waals surface area contributed by atoms with Gasteiger partial charge in [-0.15, -0.1) is 0 Å². The van der Waals surface area contributed by atoms with Crippen LogP contribution in [0.3, 0.4) is 0 Å². The zero-order valence-corrected chi connectivity index (χ0v) is 14.7. The molecule has 1 aliphatic rings. The predicted molar refractivity (Wildman–Crippen MR) is 93.4 cm³/mol. The summed E-state index contributed by atoms with van der Waals surface area (Å²) in [5, 5.41) is 2.37. The highest BCUT2D eigenvalue weighted by atomic mass is 32.2. The Labute approximate surface area is 150 Å². The number of halogens is 2. The zero-order valence-electron chi connectivity index (χ0n) is 13.9. The number of rotatable bonds is 4. The van der Waals surface area contributed by atoms with Crippen molar-refractivity contribution in [2.45, 2.75) is 24.2 Å². The Morgan fingerprint density at radius 3 is 2.08 bits per heavy atom. The number of benzene rings is 2. The van der Waals surface area contributed by atoms with Crippen molar-refractivity contribution in [3.8, 4) is 0 Å². The van der Waals surface area contributed by atoms with Crippen molar-refractivity contribution in [1.29, 1.82) is 0 Å². The number of hydrogen-bond acceptors (Lipinski definition) is 3. The molecular formula is C18H18F2N2O3S. The van der Waals surface area contributed by atoms with Gasteiger partial charge in [0, 0.05) is 18.8 Å². The Hall–Kier alpha value is -2.32. The molecule has 26 heavy (non-hydrogen) atoms. The van der Waals surface area contributed by atoms with Gasteiger partial charge in [-0.05, 0) is 49.2 Å². The van der Waals surface area contributed by atoms with E-state index in [0.29, 0.717) is 13.1 Å². The summed E-state index contributed by atoms with van der Waals surface area (Å²) in [5.74, 6) is -2.87. The molecule has 138 valence electrons. The van der Waals surface area contributed by atoms with Gasteiger partial charge in [0.25, 0.3) is 5.91 Å². The first-order valence-corrected chi connectivity index (χ1v) is 9.69. The number of nitrogens with one attached hydrogen (secondary N) is 1. The summed E-state index contributed by atoms with van der Waals surface area (Å²) in [6.07, 6.45) is 2.69. The van der Waals surface area contributed by atoms with Crippen LogP contribution < -0.4 is 5.32 Å². The standard InChI is InChI=1S/C18H18F2N2O3S/c19-15-5-4-6-16(20)17(15)18(23)21-13-7-9-14(10-8-13)26(24,25)22-11-2-1-3-12-22/h4-10H,1-3,11-12H2,(H,21,23). The number of amides is 1. The topological polar surface area (TPSA) is 66.5 Å². The van der Waals surface area contributed by atoms with E-state index >= 15 is 0 Å². The summed E-state index contributed by atoms with van der Waals surface area (Å²) < 4.78 is 53.9. The molecule has 1 aliphatic heterocycles. The number of carbonyl (C=O) groups excluding carboxylic acids is 1. The molecule has 1 N–H and O–H groups in total. The Morgan fingerprint density at radius 2 is 1.50 bits per heavy atom. The molecule has 1 saturated heterocycles. The van der Waals surface area contributed by atoms with Gasteiger partial charge in [-0.1, -0.05) is 12.5 Å². The van der Waals surface area contributed by atoms with Gasteiger partial charge < -0.3 is 5.32 Å². The van der Waals surface area contributed by atoms with E-state index in [-0.39, 0.29) is 10.6 Å². The molecule has 0 unspecified atom stereocenters. The third-order valence-electron chi connectivity index (χ3n) is 4.25. The van der Waals surface area contributed by atoms with Gasteiger partial charge in [0.05, 0.1) is 4.90 Å². The van der Waals surface area contributed by atoms with Crippen LogP contribution >= 0.6 is 0 Å². The smallest absolute Gasteiger partial charge is 0.261 e. The summed E-state index contributed by atoms with van der Waals surface area (Å²) in [6.45, 7) is 0.987. The monoisotopic (exact) mass is 380 g/mol. The van der Waals surface area contributed by atoms with Crippen molar-refractivity contribution in [1.82, 2.24) is 4.31 Å². The second-order valence-corrected chi connectivity index (χ2v) is 7.98. The van der Waals surface area contributed by atoms with Crippen molar-refractivity contribution < 1.29 is 22.0 Å². The first kappa shape index (κ1) is 18.5. The highest BCUT2D eigenvalue weighted by molar-refractivity contribution is 7.89. The first-order valence-electron chi connectivity index (χ1n) is 8.25. The van der Waals surface area contributed by atoms with Crippen molar-refractivity contribution in [3.63, 3.8) is 0 Å². The highest BCUT2D eigenvalue weighted by Gasteiger charge is 2.26. The third kappa shape index (κ3) is 3.76. The Morgan fingerprint density at radius 1 is 0.923 bits per heavy atom. The molecule has 2 aromatic carbocycles. The average Bonchev–Trinajstić information content (AvgIpc) is 2.63. The molecule has 0 aromatic heterocycles. The largest absolute Gasteiger partial charge is 0.322 e. The van der Waals surface area contributed by atoms with Gasteiger partial charge in [-0.2, -0.15) is 4.31 Å². The second kappa shape index (κ2) is 7.51. The Bertz CT molecular complexity index is 888. The number of hydrogen-bond donors (Lipinski definition) is 1. The maximum Gasteiger partial charge on any atom is 0.261 e. The fourth-order valence-corrected chi connectivity index (χ4v) is 4.39. The fraction of sp³-hybridized carbons (Fsp3) is 0.278. The molecule has 3 rings (SSSR count). The molecule has 1 fully saturated rings. The van der Waals surface area contributed by atoms with Gasteiger partial charge in [0.15, 0.2) is 0 Å². The number of piperidine rings is 1. The SMILES string of the molecule is O=C(Nc1ccc(S(=O)(=O)N2CCCCC2)cc1)c1c(F)cccc1F. The highest BCUT2D eigenvalue weighted by Crippen LogP contribution is 2.22. The quantitative estimate of drug-likeness (QED) is 0.884. The van der Waals surface area contributed by atoms with E-state index in [9.17, 15) is 22.0 Å². The van der Waals surface area contributed by atoms with Crippen LogP contribution in [0.5, 0.6) is 0 Å². The molecule has 0 bridgehead atoms. The molecule has 1 amide bonds. The Balaban J connectivity index is 1.76. The minimum absolute atomic E-state index is 0.120. The van der Waals surface area contributed by atoms with E-state index in [1.54, 1.807) is 0 Å². The van der Waals surface area contributed by atoms with Crippen molar-refractivity contribution in [2.24, 2.45) is 0 Å². The van der Waals surface area contributed by atoms with E-state index in [0.717, 1.165) is 31.4 Å². The van der Waals surface area contributed by atoms with Gasteiger partial charge in [0.2, 0.25) is 10.0 Å². The Kier molecular flexibility index (Phi) is 5.33. The lowest BCUT2D eigenvalue weighted by Crippen LogP contribution is -2.35. The van der Waals surface area contributed by atoms with E-state index in [1.165, 1.54) is 34.6 Å². The zero-order chi connectivity index (χ0) is 18.7. The van der Waals surface area contributed by atoms with E-state index in [2.05, 4.69) is 5.32 Å². The molecule has 8 heteroatoms. The summed E-state index contributed by atoms with van der Waals surface area (Å²) >= 11 is 0. The molecule has 0 atom stereocenters. The van der Waals surface area contributed by atoms with Crippen LogP contribution in [0.4, 0.5) is 14.5 Å². The predicted octanol–water partition coefficient (Wildman–Crippen LogP) is 3.39. The van der Waals surface area contributed by atoms with E-state index in [4.69, 9.17) is 0 Å². The van der Waals surface area contributed by atoms with Crippen molar-refractivity contribution in [2.75, 3.05) is 18.4 Å². The maximum absolute atomic E-state index is 13.6. The van der Waals surface area contributed by atoms with Crippen LogP contribution in [0.2, 0.25) is 0 Å². The minimum atomic E-state index is -3.57. The summed E-state index contributed by atoms with van der Waals surface area (Å²) in [4.78, 5) is 12.2. The summed E-state index contributed by atoms with van der Waals surface area (Å²) in [7, 11) is -3.57. The molecule has 2 aromatic rings. The second-order valence-electron chi connectivity index (χ2n) is 6.04. The van der Waals surface area contributed by atoms with Gasteiger partial charge >= 0.3 is 0 Å². The third-order valence-corrected chi connectivity index (χ3v) is 6.17. The van der Waals surface area contributed by atoms with Gasteiger partial charge in [0.1, 0.15) is 17.2 Å². The van der Waals surface area contributed by atoms with Crippen molar-refractivity contribution in [3.05, 3.63) is 59.7 Å². The van der Waals surface area contributed by atoms with Crippen LogP contribution in [-0.2, 0) is 10.0 Å². The lowest BCUT2D eigenvalue weighted by atomic mass is 10.2. The normalized spacial score (nSPS) is 15.6. The van der Waals surface area contributed by atoms with Crippen LogP contribution in [0.1, 0.15) is 29.6 Å². The summed E-state index contributed by atoms with van der Waals surface area (Å²) in [5.41, 5.74) is -0.437. The number of sulfonamides is 1. The molecule has 1 heterocycles. The molecule has 5 nitrogen and oxygen atoms in total. The van der Waals surface area contributed by atoms with Crippen LogP contribution in [-0.4, -0.2) is 31.7 Å².